The van der Waals surface area contributed by atoms with Crippen LogP contribution in [0.1, 0.15) is 28.9 Å². The number of nitrogens with zero attached hydrogens (tertiary/aromatic N) is 1. The van der Waals surface area contributed by atoms with Crippen molar-refractivity contribution in [2.24, 2.45) is 0 Å². The van der Waals surface area contributed by atoms with E-state index in [1.165, 1.54) is 13.3 Å². The van der Waals surface area contributed by atoms with Crippen molar-refractivity contribution in [3.63, 3.8) is 0 Å². The van der Waals surface area contributed by atoms with E-state index >= 15 is 0 Å². The molecule has 1 aromatic heterocycles. The zero-order valence-corrected chi connectivity index (χ0v) is 11.3. The minimum absolute atomic E-state index is 0.0420. The molecule has 0 aliphatic carbocycles. The lowest BCUT2D eigenvalue weighted by Crippen LogP contribution is -2.41. The molecule has 1 rings (SSSR count). The lowest BCUT2D eigenvalue weighted by Gasteiger charge is -2.14. The molecule has 0 aliphatic rings. The Balaban J connectivity index is 2.71. The molecule has 0 bridgehead atoms. The fourth-order valence-electron chi connectivity index (χ4n) is 1.57. The molecule has 1 aromatic rings. The summed E-state index contributed by atoms with van der Waals surface area (Å²) < 4.78 is 4.43. The van der Waals surface area contributed by atoms with E-state index in [4.69, 9.17) is 5.11 Å². The van der Waals surface area contributed by atoms with Crippen LogP contribution in [-0.4, -0.2) is 41.1 Å². The monoisotopic (exact) mass is 280 g/mol. The molecule has 0 spiro atoms. The summed E-state index contributed by atoms with van der Waals surface area (Å²) in [5.74, 6) is -2.32. The second-order valence-electron chi connectivity index (χ2n) is 4.15. The minimum Gasteiger partial charge on any atom is -0.480 e. The van der Waals surface area contributed by atoms with Crippen LogP contribution in [0.15, 0.2) is 18.3 Å². The fraction of sp³-hybridized carbons (Fsp3) is 0.385. The van der Waals surface area contributed by atoms with Crippen molar-refractivity contribution in [2.75, 3.05) is 7.11 Å². The summed E-state index contributed by atoms with van der Waals surface area (Å²) in [5.41, 5.74) is 0.805. The van der Waals surface area contributed by atoms with E-state index in [9.17, 15) is 14.4 Å². The van der Waals surface area contributed by atoms with Gasteiger partial charge in [0.15, 0.2) is 0 Å². The highest BCUT2D eigenvalue weighted by Crippen LogP contribution is 2.05. The second kappa shape index (κ2) is 7.22. The van der Waals surface area contributed by atoms with Crippen LogP contribution in [0.5, 0.6) is 0 Å². The largest absolute Gasteiger partial charge is 0.480 e. The first-order valence-corrected chi connectivity index (χ1v) is 5.97. The fourth-order valence-corrected chi connectivity index (χ4v) is 1.57. The van der Waals surface area contributed by atoms with Gasteiger partial charge in [-0.1, -0.05) is 6.07 Å². The van der Waals surface area contributed by atoms with Gasteiger partial charge in [-0.25, -0.2) is 4.79 Å². The van der Waals surface area contributed by atoms with Gasteiger partial charge in [0.2, 0.25) is 0 Å². The topological polar surface area (TPSA) is 106 Å². The first kappa shape index (κ1) is 15.6. The third-order valence-electron chi connectivity index (χ3n) is 2.69. The lowest BCUT2D eigenvalue weighted by molar-refractivity contribution is -0.142. The first-order valence-electron chi connectivity index (χ1n) is 5.97. The Morgan fingerprint density at radius 2 is 2.15 bits per heavy atom. The third kappa shape index (κ3) is 4.34. The Bertz CT molecular complexity index is 515. The molecule has 0 radical (unpaired) electrons. The summed E-state index contributed by atoms with van der Waals surface area (Å²) in [4.78, 5) is 37.9. The number of methoxy groups -OCH3 is 1. The smallest absolute Gasteiger partial charge is 0.326 e. The van der Waals surface area contributed by atoms with Crippen molar-refractivity contribution in [3.8, 4) is 0 Å². The predicted molar refractivity (Wildman–Crippen MR) is 69.1 cm³/mol. The van der Waals surface area contributed by atoms with Gasteiger partial charge in [-0.05, 0) is 25.0 Å². The molecule has 1 amide bonds. The minimum atomic E-state index is -1.21. The average Bonchev–Trinajstić information content (AvgIpc) is 2.42. The lowest BCUT2D eigenvalue weighted by atomic mass is 10.1. The molecular formula is C13H16N2O5. The second-order valence-corrected chi connectivity index (χ2v) is 4.15. The van der Waals surface area contributed by atoms with Gasteiger partial charge in [-0.15, -0.1) is 0 Å². The molecule has 7 heteroatoms. The Hall–Kier alpha value is -2.44. The molecule has 1 heterocycles. The van der Waals surface area contributed by atoms with Gasteiger partial charge in [-0.2, -0.15) is 0 Å². The Kier molecular flexibility index (Phi) is 5.64. The van der Waals surface area contributed by atoms with Gasteiger partial charge < -0.3 is 15.2 Å². The van der Waals surface area contributed by atoms with E-state index < -0.39 is 23.9 Å². The summed E-state index contributed by atoms with van der Waals surface area (Å²) >= 11 is 0. The zero-order valence-electron chi connectivity index (χ0n) is 11.3. The number of carbonyl (C=O) groups is 3. The molecule has 2 N–H and O–H groups in total. The highest BCUT2D eigenvalue weighted by molar-refractivity contribution is 5.96. The molecule has 0 aliphatic heterocycles. The molecule has 0 unspecified atom stereocenters. The maximum absolute atomic E-state index is 11.9. The Labute approximate surface area is 116 Å². The van der Waals surface area contributed by atoms with Crippen molar-refractivity contribution in [1.82, 2.24) is 10.3 Å². The van der Waals surface area contributed by atoms with Crippen molar-refractivity contribution in [3.05, 3.63) is 29.6 Å². The SMILES string of the molecule is COC(=O)CC[C@@H](NC(=O)c1ncccc1C)C(=O)O. The van der Waals surface area contributed by atoms with Crippen LogP contribution in [0.3, 0.4) is 0 Å². The van der Waals surface area contributed by atoms with Crippen LogP contribution in [0.25, 0.3) is 0 Å². The highest BCUT2D eigenvalue weighted by Gasteiger charge is 2.23. The summed E-state index contributed by atoms with van der Waals surface area (Å²) in [6.45, 7) is 1.70. The van der Waals surface area contributed by atoms with Crippen LogP contribution < -0.4 is 5.32 Å². The first-order chi connectivity index (χ1) is 9.45. The van der Waals surface area contributed by atoms with Gasteiger partial charge in [0.25, 0.3) is 5.91 Å². The summed E-state index contributed by atoms with van der Waals surface area (Å²) in [7, 11) is 1.22. The molecule has 7 nitrogen and oxygen atoms in total. The number of nitrogens with one attached hydrogen (secondary N) is 1. The number of ether oxygens (including phenoxy) is 1. The number of aryl methyl sites for hydroxylation is 1. The molecule has 0 aromatic carbocycles. The molecule has 1 atom stereocenters. The van der Waals surface area contributed by atoms with Gasteiger partial charge in [-0.3, -0.25) is 14.6 Å². The quantitative estimate of drug-likeness (QED) is 0.736. The predicted octanol–water partition coefficient (Wildman–Crippen LogP) is 0.526. The number of hydrogen-bond donors (Lipinski definition) is 2. The standard InChI is InChI=1S/C13H16N2O5/c1-8-4-3-7-14-11(8)12(17)15-9(13(18)19)5-6-10(16)20-2/h3-4,7,9H,5-6H2,1-2H3,(H,15,17)(H,18,19)/t9-/m1/s1. The van der Waals surface area contributed by atoms with Crippen LogP contribution in [0, 0.1) is 6.92 Å². The van der Waals surface area contributed by atoms with E-state index in [-0.39, 0.29) is 18.5 Å². The van der Waals surface area contributed by atoms with Crippen LogP contribution in [0.2, 0.25) is 0 Å². The Morgan fingerprint density at radius 3 is 2.70 bits per heavy atom. The summed E-state index contributed by atoms with van der Waals surface area (Å²) in [5, 5.41) is 11.4. The maximum Gasteiger partial charge on any atom is 0.326 e. The molecule has 0 saturated heterocycles. The van der Waals surface area contributed by atoms with Gasteiger partial charge in [0.1, 0.15) is 11.7 Å². The van der Waals surface area contributed by atoms with Crippen molar-refractivity contribution in [2.45, 2.75) is 25.8 Å². The van der Waals surface area contributed by atoms with Gasteiger partial charge >= 0.3 is 11.9 Å². The van der Waals surface area contributed by atoms with E-state index in [1.54, 1.807) is 19.1 Å². The number of aromatic nitrogens is 1. The average molecular weight is 280 g/mol. The van der Waals surface area contributed by atoms with Crippen molar-refractivity contribution in [1.29, 1.82) is 0 Å². The number of pyridine rings is 1. The summed E-state index contributed by atoms with van der Waals surface area (Å²) in [6, 6.07) is 2.22. The van der Waals surface area contributed by atoms with Gasteiger partial charge in [0, 0.05) is 12.6 Å². The van der Waals surface area contributed by atoms with E-state index in [2.05, 4.69) is 15.0 Å². The number of carboxylic acids is 1. The number of carbonyl (C=O) groups excluding carboxylic acids is 2. The van der Waals surface area contributed by atoms with Crippen LogP contribution >= 0.6 is 0 Å². The molecule has 0 fully saturated rings. The number of aliphatic carboxylic acids is 1. The molecule has 20 heavy (non-hydrogen) atoms. The van der Waals surface area contributed by atoms with Crippen molar-refractivity contribution >= 4 is 17.8 Å². The Morgan fingerprint density at radius 1 is 1.45 bits per heavy atom. The number of rotatable bonds is 6. The van der Waals surface area contributed by atoms with Crippen molar-refractivity contribution < 1.29 is 24.2 Å². The van der Waals surface area contributed by atoms with E-state index in [0.717, 1.165) is 0 Å². The van der Waals surface area contributed by atoms with E-state index in [1.807, 2.05) is 0 Å². The number of esters is 1. The maximum atomic E-state index is 11.9. The summed E-state index contributed by atoms with van der Waals surface area (Å²) in [6.07, 6.45) is 1.32. The number of carboxylic acid groups (broad SMARTS) is 1. The van der Waals surface area contributed by atoms with Crippen LogP contribution in [0.4, 0.5) is 0 Å². The third-order valence-corrected chi connectivity index (χ3v) is 2.69. The highest BCUT2D eigenvalue weighted by atomic mass is 16.5. The number of amides is 1. The normalized spacial score (nSPS) is 11.5. The zero-order chi connectivity index (χ0) is 15.1. The number of hydrogen-bond acceptors (Lipinski definition) is 5. The van der Waals surface area contributed by atoms with Gasteiger partial charge in [0.05, 0.1) is 7.11 Å². The van der Waals surface area contributed by atoms with Crippen LogP contribution in [-0.2, 0) is 14.3 Å². The van der Waals surface area contributed by atoms with E-state index in [0.29, 0.717) is 5.56 Å². The molecule has 108 valence electrons. The molecular weight excluding hydrogens is 264 g/mol. The molecule has 0 saturated carbocycles.